The lowest BCUT2D eigenvalue weighted by atomic mass is 10.2. The molecule has 0 fully saturated rings. The van der Waals surface area contributed by atoms with Crippen LogP contribution >= 0.6 is 0 Å². The third-order valence-electron chi connectivity index (χ3n) is 2.72. The van der Waals surface area contributed by atoms with Gasteiger partial charge in [0.25, 0.3) is 0 Å². The summed E-state index contributed by atoms with van der Waals surface area (Å²) in [5, 5.41) is 0. The van der Waals surface area contributed by atoms with E-state index in [0.29, 0.717) is 37.4 Å². The number of carbonyl (C=O) groups excluding carboxylic acids is 1. The van der Waals surface area contributed by atoms with Crippen molar-refractivity contribution in [2.75, 3.05) is 40.2 Å². The number of aldehydes is 1. The molecule has 0 saturated carbocycles. The van der Waals surface area contributed by atoms with Crippen LogP contribution in [0.5, 0.6) is 17.2 Å². The topological polar surface area (TPSA) is 72.5 Å². The van der Waals surface area contributed by atoms with E-state index in [1.165, 1.54) is 0 Å². The molecule has 7 nitrogen and oxygen atoms in total. The van der Waals surface area contributed by atoms with Crippen LogP contribution in [0.25, 0.3) is 0 Å². The second kappa shape index (κ2) is 11.7. The molecule has 0 atom stereocenters. The van der Waals surface area contributed by atoms with Gasteiger partial charge in [0, 0.05) is 19.8 Å². The van der Waals surface area contributed by atoms with E-state index >= 15 is 0 Å². The Morgan fingerprint density at radius 1 is 0.783 bits per heavy atom. The highest BCUT2D eigenvalue weighted by molar-refractivity contribution is 5.82. The van der Waals surface area contributed by atoms with Gasteiger partial charge in [0.2, 0.25) is 5.75 Å². The number of ether oxygens (including phenoxy) is 6. The Morgan fingerprint density at radius 2 is 1.30 bits per heavy atom. The molecule has 0 bridgehead atoms. The van der Waals surface area contributed by atoms with Crippen LogP contribution in [0.2, 0.25) is 0 Å². The zero-order valence-corrected chi connectivity index (χ0v) is 13.8. The van der Waals surface area contributed by atoms with Gasteiger partial charge in [-0.25, -0.2) is 0 Å². The molecule has 0 radical (unpaired) electrons. The summed E-state index contributed by atoms with van der Waals surface area (Å²) in [6, 6.07) is 3.21. The first kappa shape index (κ1) is 19.2. The summed E-state index contributed by atoms with van der Waals surface area (Å²) < 4.78 is 32.1. The quantitative estimate of drug-likeness (QED) is 0.313. The van der Waals surface area contributed by atoms with Crippen LogP contribution < -0.4 is 14.2 Å². The lowest BCUT2D eigenvalue weighted by Gasteiger charge is -2.18. The zero-order chi connectivity index (χ0) is 16.9. The van der Waals surface area contributed by atoms with Crippen molar-refractivity contribution >= 4 is 6.29 Å². The number of carbonyl (C=O) groups is 1. The second-order valence-corrected chi connectivity index (χ2v) is 4.19. The SMILES string of the molecule is CCOCOc1ccc(C=O)c(OCOCC)c1OCOCC. The normalized spacial score (nSPS) is 10.4. The van der Waals surface area contributed by atoms with Crippen molar-refractivity contribution < 1.29 is 33.2 Å². The minimum Gasteiger partial charge on any atom is -0.464 e. The standard InChI is InChI=1S/C16H24O7/c1-4-18-10-21-14-8-7-13(9-17)15(22-11-19-5-2)16(14)23-12-20-6-3/h7-9H,4-6,10-12H2,1-3H3. The number of rotatable bonds is 13. The first-order chi connectivity index (χ1) is 11.3. The van der Waals surface area contributed by atoms with Crippen LogP contribution in [0.3, 0.4) is 0 Å². The molecule has 130 valence electrons. The molecule has 1 aromatic rings. The van der Waals surface area contributed by atoms with Crippen LogP contribution in [0.1, 0.15) is 31.1 Å². The lowest BCUT2D eigenvalue weighted by molar-refractivity contribution is -0.00318. The summed E-state index contributed by atoms with van der Waals surface area (Å²) in [6.07, 6.45) is 0.682. The molecule has 1 rings (SSSR count). The van der Waals surface area contributed by atoms with Gasteiger partial charge in [-0.15, -0.1) is 0 Å². The van der Waals surface area contributed by atoms with E-state index < -0.39 is 0 Å². The molecule has 23 heavy (non-hydrogen) atoms. The maximum atomic E-state index is 11.2. The Morgan fingerprint density at radius 3 is 1.83 bits per heavy atom. The minimum absolute atomic E-state index is 0.00273. The van der Waals surface area contributed by atoms with Crippen LogP contribution in [0.4, 0.5) is 0 Å². The highest BCUT2D eigenvalue weighted by Crippen LogP contribution is 2.40. The van der Waals surface area contributed by atoms with E-state index in [9.17, 15) is 4.79 Å². The van der Waals surface area contributed by atoms with E-state index in [1.807, 2.05) is 20.8 Å². The fourth-order valence-electron chi connectivity index (χ4n) is 1.61. The van der Waals surface area contributed by atoms with Crippen molar-refractivity contribution in [3.63, 3.8) is 0 Å². The summed E-state index contributed by atoms with van der Waals surface area (Å²) >= 11 is 0. The molecule has 0 saturated heterocycles. The van der Waals surface area contributed by atoms with E-state index in [4.69, 9.17) is 28.4 Å². The Hall–Kier alpha value is -1.83. The summed E-state index contributed by atoms with van der Waals surface area (Å²) in [5.41, 5.74) is 0.333. The van der Waals surface area contributed by atoms with Crippen molar-refractivity contribution in [1.82, 2.24) is 0 Å². The molecule has 0 aliphatic carbocycles. The van der Waals surface area contributed by atoms with E-state index in [1.54, 1.807) is 12.1 Å². The van der Waals surface area contributed by atoms with Crippen LogP contribution in [-0.4, -0.2) is 46.5 Å². The van der Waals surface area contributed by atoms with Crippen LogP contribution in [0.15, 0.2) is 12.1 Å². The van der Waals surface area contributed by atoms with E-state index in [2.05, 4.69) is 0 Å². The number of hydrogen-bond acceptors (Lipinski definition) is 7. The van der Waals surface area contributed by atoms with Crippen molar-refractivity contribution in [2.24, 2.45) is 0 Å². The van der Waals surface area contributed by atoms with Crippen molar-refractivity contribution in [3.05, 3.63) is 17.7 Å². The fraction of sp³-hybridized carbons (Fsp3) is 0.562. The van der Waals surface area contributed by atoms with E-state index in [-0.39, 0.29) is 31.9 Å². The summed E-state index contributed by atoms with van der Waals surface area (Å²) in [5.74, 6) is 0.930. The third kappa shape index (κ3) is 6.43. The minimum atomic E-state index is -0.00273. The van der Waals surface area contributed by atoms with Crippen LogP contribution in [0, 0.1) is 0 Å². The predicted molar refractivity (Wildman–Crippen MR) is 83.2 cm³/mol. The largest absolute Gasteiger partial charge is 0.464 e. The molecule has 7 heteroatoms. The van der Waals surface area contributed by atoms with Gasteiger partial charge in [0.1, 0.15) is 0 Å². The Kier molecular flexibility index (Phi) is 9.78. The Balaban J connectivity index is 3.01. The molecule has 0 aromatic heterocycles. The average Bonchev–Trinajstić information content (AvgIpc) is 2.57. The van der Waals surface area contributed by atoms with Gasteiger partial charge >= 0.3 is 0 Å². The highest BCUT2D eigenvalue weighted by Gasteiger charge is 2.18. The maximum Gasteiger partial charge on any atom is 0.207 e. The summed E-state index contributed by atoms with van der Waals surface area (Å²) in [4.78, 5) is 11.2. The molecule has 0 unspecified atom stereocenters. The molecular formula is C16H24O7. The van der Waals surface area contributed by atoms with Gasteiger partial charge in [-0.2, -0.15) is 0 Å². The summed E-state index contributed by atoms with van der Waals surface area (Å²) in [7, 11) is 0. The number of hydrogen-bond donors (Lipinski definition) is 0. The number of benzene rings is 1. The average molecular weight is 328 g/mol. The lowest BCUT2D eigenvalue weighted by Crippen LogP contribution is -2.11. The molecule has 0 amide bonds. The van der Waals surface area contributed by atoms with Crippen molar-refractivity contribution in [3.8, 4) is 17.2 Å². The molecule has 0 N–H and O–H groups in total. The second-order valence-electron chi connectivity index (χ2n) is 4.19. The Labute approximate surface area is 136 Å². The fourth-order valence-corrected chi connectivity index (χ4v) is 1.61. The van der Waals surface area contributed by atoms with Gasteiger partial charge in [-0.05, 0) is 32.9 Å². The van der Waals surface area contributed by atoms with Crippen molar-refractivity contribution in [2.45, 2.75) is 20.8 Å². The van der Waals surface area contributed by atoms with Crippen LogP contribution in [-0.2, 0) is 14.2 Å². The van der Waals surface area contributed by atoms with Gasteiger partial charge in [-0.3, -0.25) is 4.79 Å². The molecule has 0 heterocycles. The monoisotopic (exact) mass is 328 g/mol. The molecular weight excluding hydrogens is 304 g/mol. The van der Waals surface area contributed by atoms with Gasteiger partial charge in [0.05, 0.1) is 5.56 Å². The molecule has 1 aromatic carbocycles. The molecule has 0 aliphatic rings. The maximum absolute atomic E-state index is 11.2. The van der Waals surface area contributed by atoms with Gasteiger partial charge in [0.15, 0.2) is 38.2 Å². The molecule has 0 spiro atoms. The summed E-state index contributed by atoms with van der Waals surface area (Å²) in [6.45, 7) is 7.14. The Bertz CT molecular complexity index is 462. The zero-order valence-electron chi connectivity index (χ0n) is 13.8. The smallest absolute Gasteiger partial charge is 0.207 e. The molecule has 0 aliphatic heterocycles. The van der Waals surface area contributed by atoms with E-state index in [0.717, 1.165) is 0 Å². The third-order valence-corrected chi connectivity index (χ3v) is 2.72. The van der Waals surface area contributed by atoms with Gasteiger partial charge in [-0.1, -0.05) is 0 Å². The predicted octanol–water partition coefficient (Wildman–Crippen LogP) is 2.62. The van der Waals surface area contributed by atoms with Gasteiger partial charge < -0.3 is 28.4 Å². The first-order valence-corrected chi connectivity index (χ1v) is 7.52. The first-order valence-electron chi connectivity index (χ1n) is 7.52. The highest BCUT2D eigenvalue weighted by atomic mass is 16.7. The van der Waals surface area contributed by atoms with Crippen molar-refractivity contribution in [1.29, 1.82) is 0 Å².